The number of ether oxygens (including phenoxy) is 1. The van der Waals surface area contributed by atoms with Gasteiger partial charge in [0, 0.05) is 23.2 Å². The Morgan fingerprint density at radius 3 is 2.89 bits per heavy atom. The molecule has 0 radical (unpaired) electrons. The highest BCUT2D eigenvalue weighted by Gasteiger charge is 2.30. The first-order chi connectivity index (χ1) is 8.58. The van der Waals surface area contributed by atoms with Gasteiger partial charge in [-0.15, -0.1) is 11.3 Å². The summed E-state index contributed by atoms with van der Waals surface area (Å²) in [5.74, 6) is 0.0725. The third-order valence-electron chi connectivity index (χ3n) is 3.11. The van der Waals surface area contributed by atoms with Gasteiger partial charge in [0.05, 0.1) is 12.5 Å². The first kappa shape index (κ1) is 13.7. The first-order valence-corrected chi connectivity index (χ1v) is 7.40. The third-order valence-corrected chi connectivity index (χ3v) is 4.44. The van der Waals surface area contributed by atoms with Crippen molar-refractivity contribution in [2.45, 2.75) is 45.3 Å². The summed E-state index contributed by atoms with van der Waals surface area (Å²) in [6.07, 6.45) is 2.61. The van der Waals surface area contributed by atoms with E-state index in [2.05, 4.69) is 10.3 Å². The van der Waals surface area contributed by atoms with Crippen LogP contribution in [0.1, 0.15) is 30.3 Å². The number of thiazole rings is 1. The van der Waals surface area contributed by atoms with Gasteiger partial charge in [0.1, 0.15) is 0 Å². The highest BCUT2D eigenvalue weighted by atomic mass is 32.1. The molecule has 2 rings (SSSR count). The van der Waals surface area contributed by atoms with Crippen LogP contribution in [0.5, 0.6) is 0 Å². The predicted octanol–water partition coefficient (Wildman–Crippen LogP) is 2.34. The summed E-state index contributed by atoms with van der Waals surface area (Å²) in [4.78, 5) is 15.9. The maximum atomic E-state index is 11.8. The molecule has 1 aromatic rings. The monoisotopic (exact) mass is 286 g/mol. The quantitative estimate of drug-likeness (QED) is 0.817. The van der Waals surface area contributed by atoms with Crippen LogP contribution >= 0.6 is 23.6 Å². The summed E-state index contributed by atoms with van der Waals surface area (Å²) < 4.78 is 6.19. The molecular weight excluding hydrogens is 268 g/mol. The third kappa shape index (κ3) is 3.40. The number of carbonyl (C=O) groups excluding carboxylic acids is 1. The lowest BCUT2D eigenvalue weighted by Crippen LogP contribution is -2.48. The van der Waals surface area contributed by atoms with Crippen molar-refractivity contribution in [3.8, 4) is 0 Å². The fourth-order valence-electron chi connectivity index (χ4n) is 2.09. The summed E-state index contributed by atoms with van der Waals surface area (Å²) in [6.45, 7) is 4.69. The smallest absolute Gasteiger partial charge is 0.225 e. The lowest BCUT2D eigenvalue weighted by molar-refractivity contribution is -0.123. The molecule has 0 aliphatic heterocycles. The Bertz CT molecular complexity index is 475. The number of amides is 1. The number of aromatic amines is 1. The number of nitrogens with one attached hydrogen (secondary N) is 2. The average Bonchev–Trinajstić information content (AvgIpc) is 2.54. The van der Waals surface area contributed by atoms with Crippen LogP contribution in [-0.4, -0.2) is 29.6 Å². The topological polar surface area (TPSA) is 54.1 Å². The molecule has 1 heterocycles. The van der Waals surface area contributed by atoms with E-state index in [0.29, 0.717) is 12.5 Å². The van der Waals surface area contributed by atoms with E-state index in [0.717, 1.165) is 34.0 Å². The Balaban J connectivity index is 1.77. The van der Waals surface area contributed by atoms with Crippen LogP contribution in [0, 0.1) is 10.9 Å². The van der Waals surface area contributed by atoms with Gasteiger partial charge >= 0.3 is 0 Å². The van der Waals surface area contributed by atoms with Gasteiger partial charge in [-0.1, -0.05) is 0 Å². The number of carbonyl (C=O) groups is 1. The highest BCUT2D eigenvalue weighted by molar-refractivity contribution is 7.73. The summed E-state index contributed by atoms with van der Waals surface area (Å²) in [5, 5.41) is 3.03. The standard InChI is InChI=1S/C12H18N2O2S2/c1-3-16-9-4-8(5-9)14-11(15)6-10-7(2)13-12(17)18-10/h8-9H,3-6H2,1-2H3,(H,13,17)(H,14,15). The summed E-state index contributed by atoms with van der Waals surface area (Å²) in [6, 6.07) is 0.279. The molecule has 1 aliphatic carbocycles. The molecule has 0 saturated heterocycles. The Labute approximate surface area is 116 Å². The largest absolute Gasteiger partial charge is 0.378 e. The zero-order chi connectivity index (χ0) is 13.1. The van der Waals surface area contributed by atoms with Crippen molar-refractivity contribution in [1.82, 2.24) is 10.3 Å². The molecule has 100 valence electrons. The van der Waals surface area contributed by atoms with Gasteiger partial charge in [0.2, 0.25) is 5.91 Å². The van der Waals surface area contributed by atoms with E-state index in [1.54, 1.807) is 0 Å². The summed E-state index contributed by atoms with van der Waals surface area (Å²) in [5.41, 5.74) is 1.00. The zero-order valence-electron chi connectivity index (χ0n) is 10.6. The Kier molecular flexibility index (Phi) is 4.53. The molecule has 1 aromatic heterocycles. The minimum atomic E-state index is 0.0725. The predicted molar refractivity (Wildman–Crippen MR) is 74.5 cm³/mol. The molecule has 6 heteroatoms. The average molecular weight is 286 g/mol. The number of rotatable bonds is 5. The molecule has 0 aromatic carbocycles. The fourth-order valence-corrected chi connectivity index (χ4v) is 3.38. The second-order valence-corrected chi connectivity index (χ2v) is 6.32. The number of aryl methyl sites for hydroxylation is 1. The maximum absolute atomic E-state index is 11.8. The summed E-state index contributed by atoms with van der Waals surface area (Å²) >= 11 is 6.53. The van der Waals surface area contributed by atoms with Crippen molar-refractivity contribution < 1.29 is 9.53 Å². The van der Waals surface area contributed by atoms with Gasteiger partial charge in [0.25, 0.3) is 0 Å². The van der Waals surface area contributed by atoms with E-state index in [4.69, 9.17) is 17.0 Å². The van der Waals surface area contributed by atoms with Crippen LogP contribution in [0.25, 0.3) is 0 Å². The molecule has 1 fully saturated rings. The van der Waals surface area contributed by atoms with Crippen molar-refractivity contribution >= 4 is 29.5 Å². The molecule has 1 amide bonds. The zero-order valence-corrected chi connectivity index (χ0v) is 12.2. The molecule has 1 aliphatic rings. The van der Waals surface area contributed by atoms with E-state index in [-0.39, 0.29) is 11.9 Å². The molecule has 0 atom stereocenters. The van der Waals surface area contributed by atoms with E-state index >= 15 is 0 Å². The normalized spacial score (nSPS) is 22.6. The molecule has 0 bridgehead atoms. The van der Waals surface area contributed by atoms with Gasteiger partial charge in [-0.25, -0.2) is 0 Å². The minimum Gasteiger partial charge on any atom is -0.378 e. The van der Waals surface area contributed by atoms with Crippen molar-refractivity contribution in [2.75, 3.05) is 6.61 Å². The van der Waals surface area contributed by atoms with Crippen molar-refractivity contribution in [2.24, 2.45) is 0 Å². The Hall–Kier alpha value is -0.720. The SMILES string of the molecule is CCOC1CC(NC(=O)Cc2sc(=S)[nH]c2C)C1. The van der Waals surface area contributed by atoms with Crippen molar-refractivity contribution in [3.05, 3.63) is 14.5 Å². The number of aromatic nitrogens is 1. The molecule has 2 N–H and O–H groups in total. The first-order valence-electron chi connectivity index (χ1n) is 6.18. The molecule has 0 spiro atoms. The maximum Gasteiger partial charge on any atom is 0.225 e. The number of H-pyrrole nitrogens is 1. The van der Waals surface area contributed by atoms with Crippen LogP contribution in [0.15, 0.2) is 0 Å². The van der Waals surface area contributed by atoms with Crippen LogP contribution in [0.4, 0.5) is 0 Å². The van der Waals surface area contributed by atoms with E-state index in [9.17, 15) is 4.79 Å². The fraction of sp³-hybridized carbons (Fsp3) is 0.667. The Morgan fingerprint density at radius 1 is 1.61 bits per heavy atom. The van der Waals surface area contributed by atoms with Gasteiger partial charge < -0.3 is 15.0 Å². The van der Waals surface area contributed by atoms with Gasteiger partial charge in [-0.3, -0.25) is 4.79 Å². The van der Waals surface area contributed by atoms with E-state index in [1.807, 2.05) is 13.8 Å². The molecule has 18 heavy (non-hydrogen) atoms. The number of hydrogen-bond acceptors (Lipinski definition) is 4. The lowest BCUT2D eigenvalue weighted by atomic mass is 9.89. The van der Waals surface area contributed by atoms with Crippen LogP contribution in [-0.2, 0) is 16.0 Å². The second kappa shape index (κ2) is 5.95. The lowest BCUT2D eigenvalue weighted by Gasteiger charge is -2.35. The van der Waals surface area contributed by atoms with Gasteiger partial charge in [0.15, 0.2) is 3.95 Å². The minimum absolute atomic E-state index is 0.0725. The molecule has 4 nitrogen and oxygen atoms in total. The van der Waals surface area contributed by atoms with E-state index < -0.39 is 0 Å². The summed E-state index contributed by atoms with van der Waals surface area (Å²) in [7, 11) is 0. The van der Waals surface area contributed by atoms with Crippen molar-refractivity contribution in [1.29, 1.82) is 0 Å². The number of hydrogen-bond donors (Lipinski definition) is 2. The van der Waals surface area contributed by atoms with Gasteiger partial charge in [-0.2, -0.15) is 0 Å². The van der Waals surface area contributed by atoms with Crippen LogP contribution < -0.4 is 5.32 Å². The van der Waals surface area contributed by atoms with E-state index in [1.165, 1.54) is 11.3 Å². The molecule has 0 unspecified atom stereocenters. The highest BCUT2D eigenvalue weighted by Crippen LogP contribution is 2.23. The second-order valence-electron chi connectivity index (χ2n) is 4.55. The molecular formula is C12H18N2O2S2. The van der Waals surface area contributed by atoms with Crippen LogP contribution in [0.3, 0.4) is 0 Å². The molecule has 1 saturated carbocycles. The van der Waals surface area contributed by atoms with Crippen LogP contribution in [0.2, 0.25) is 0 Å². The van der Waals surface area contributed by atoms with Gasteiger partial charge in [-0.05, 0) is 38.9 Å². The van der Waals surface area contributed by atoms with Crippen molar-refractivity contribution in [3.63, 3.8) is 0 Å². The Morgan fingerprint density at radius 2 is 2.33 bits per heavy atom.